The van der Waals surface area contributed by atoms with Crippen LogP contribution in [0.2, 0.25) is 0 Å². The Balaban J connectivity index is 1.53. The van der Waals surface area contributed by atoms with Crippen LogP contribution >= 0.6 is 0 Å². The molecule has 1 aliphatic heterocycles. The highest BCUT2D eigenvalue weighted by molar-refractivity contribution is 5.42. The number of rotatable bonds is 7. The third-order valence-electron chi connectivity index (χ3n) is 4.57. The second-order valence-corrected chi connectivity index (χ2v) is 6.53. The molecule has 8 heteroatoms. The number of ether oxygens (including phenoxy) is 2. The molecule has 27 heavy (non-hydrogen) atoms. The van der Waals surface area contributed by atoms with E-state index in [-0.39, 0.29) is 17.8 Å². The van der Waals surface area contributed by atoms with E-state index in [2.05, 4.69) is 20.2 Å². The van der Waals surface area contributed by atoms with Crippen LogP contribution in [0.3, 0.4) is 0 Å². The molecule has 1 saturated heterocycles. The molecule has 0 saturated carbocycles. The lowest BCUT2D eigenvalue weighted by Gasteiger charge is -2.32. The van der Waals surface area contributed by atoms with Gasteiger partial charge in [0.2, 0.25) is 5.88 Å². The number of aromatic nitrogens is 2. The van der Waals surface area contributed by atoms with Crippen molar-refractivity contribution in [2.45, 2.75) is 32.4 Å². The van der Waals surface area contributed by atoms with Gasteiger partial charge in [0.25, 0.3) is 0 Å². The van der Waals surface area contributed by atoms with Crippen LogP contribution in [0.5, 0.6) is 23.4 Å². The van der Waals surface area contributed by atoms with Gasteiger partial charge in [0, 0.05) is 31.7 Å². The molecule has 1 aromatic heterocycles. The summed E-state index contributed by atoms with van der Waals surface area (Å²) in [5.74, 6) is 1.61. The largest absolute Gasteiger partial charge is 0.504 e. The third kappa shape index (κ3) is 5.13. The Morgan fingerprint density at radius 3 is 2.67 bits per heavy atom. The fourth-order valence-electron chi connectivity index (χ4n) is 3.22. The summed E-state index contributed by atoms with van der Waals surface area (Å²) in [5, 5.41) is 22.7. The van der Waals surface area contributed by atoms with Gasteiger partial charge in [-0.25, -0.2) is 0 Å². The molecular weight excluding hydrogens is 348 g/mol. The van der Waals surface area contributed by atoms with Crippen molar-refractivity contribution in [1.29, 1.82) is 0 Å². The summed E-state index contributed by atoms with van der Waals surface area (Å²) in [5.41, 5.74) is 1.12. The summed E-state index contributed by atoms with van der Waals surface area (Å²) in [4.78, 5) is 10.2. The zero-order valence-corrected chi connectivity index (χ0v) is 15.7. The SMILES string of the molecule is CCOc1cc(CN2CCC(Nc3cc(OC)nc(O)n3)CC2)ccc1O. The molecule has 3 rings (SSSR count). The van der Waals surface area contributed by atoms with E-state index in [9.17, 15) is 10.2 Å². The Morgan fingerprint density at radius 2 is 1.96 bits per heavy atom. The second kappa shape index (κ2) is 8.77. The van der Waals surface area contributed by atoms with Gasteiger partial charge in [-0.2, -0.15) is 9.97 Å². The summed E-state index contributed by atoms with van der Waals surface area (Å²) in [7, 11) is 1.50. The molecule has 3 N–H and O–H groups in total. The molecule has 0 spiro atoms. The first-order valence-electron chi connectivity index (χ1n) is 9.13. The fourth-order valence-corrected chi connectivity index (χ4v) is 3.22. The van der Waals surface area contributed by atoms with Crippen LogP contribution in [0.15, 0.2) is 24.3 Å². The van der Waals surface area contributed by atoms with Crippen LogP contribution in [-0.4, -0.2) is 57.9 Å². The molecular formula is C19H26N4O4. The molecule has 0 aliphatic carbocycles. The number of anilines is 1. The van der Waals surface area contributed by atoms with Crippen LogP contribution in [-0.2, 0) is 6.54 Å². The van der Waals surface area contributed by atoms with Crippen molar-refractivity contribution < 1.29 is 19.7 Å². The minimum atomic E-state index is -0.299. The Morgan fingerprint density at radius 1 is 1.19 bits per heavy atom. The van der Waals surface area contributed by atoms with Crippen molar-refractivity contribution in [2.24, 2.45) is 0 Å². The summed E-state index contributed by atoms with van der Waals surface area (Å²) >= 11 is 0. The smallest absolute Gasteiger partial charge is 0.319 e. The molecule has 2 heterocycles. The van der Waals surface area contributed by atoms with Gasteiger partial charge >= 0.3 is 6.01 Å². The molecule has 0 bridgehead atoms. The van der Waals surface area contributed by atoms with E-state index in [1.807, 2.05) is 19.1 Å². The number of benzene rings is 1. The molecule has 146 valence electrons. The van der Waals surface area contributed by atoms with E-state index in [4.69, 9.17) is 9.47 Å². The maximum Gasteiger partial charge on any atom is 0.319 e. The number of phenols is 1. The van der Waals surface area contributed by atoms with Crippen LogP contribution < -0.4 is 14.8 Å². The number of hydrogen-bond donors (Lipinski definition) is 3. The van der Waals surface area contributed by atoms with Crippen molar-refractivity contribution in [3.05, 3.63) is 29.8 Å². The Kier molecular flexibility index (Phi) is 6.18. The van der Waals surface area contributed by atoms with Gasteiger partial charge in [-0.05, 0) is 37.5 Å². The highest BCUT2D eigenvalue weighted by Crippen LogP contribution is 2.28. The minimum Gasteiger partial charge on any atom is -0.504 e. The predicted molar refractivity (Wildman–Crippen MR) is 101 cm³/mol. The molecule has 0 atom stereocenters. The summed E-state index contributed by atoms with van der Waals surface area (Å²) in [6.07, 6.45) is 1.92. The van der Waals surface area contributed by atoms with Crippen molar-refractivity contribution in [1.82, 2.24) is 14.9 Å². The van der Waals surface area contributed by atoms with E-state index in [1.165, 1.54) is 7.11 Å². The standard InChI is InChI=1S/C19H26N4O4/c1-3-27-16-10-13(4-5-15(16)24)12-23-8-6-14(7-9-23)20-17-11-18(26-2)22-19(25)21-17/h4-5,10-11,14,24H,3,6-9,12H2,1-2H3,(H2,20,21,22,25). The monoisotopic (exact) mass is 374 g/mol. The lowest BCUT2D eigenvalue weighted by atomic mass is 10.0. The van der Waals surface area contributed by atoms with Crippen LogP contribution in [0.25, 0.3) is 0 Å². The Labute approximate surface area is 158 Å². The molecule has 1 aromatic carbocycles. The zero-order chi connectivity index (χ0) is 19.2. The van der Waals surface area contributed by atoms with Crippen LogP contribution in [0, 0.1) is 0 Å². The molecule has 8 nitrogen and oxygen atoms in total. The van der Waals surface area contributed by atoms with E-state index in [0.29, 0.717) is 24.1 Å². The number of phenolic OH excluding ortho intramolecular Hbond substituents is 1. The lowest BCUT2D eigenvalue weighted by Crippen LogP contribution is -2.38. The molecule has 2 aromatic rings. The molecule has 0 radical (unpaired) electrons. The number of piperidine rings is 1. The highest BCUT2D eigenvalue weighted by atomic mass is 16.5. The normalized spacial score (nSPS) is 15.5. The van der Waals surface area contributed by atoms with Gasteiger partial charge in [0.1, 0.15) is 5.82 Å². The number of methoxy groups -OCH3 is 1. The van der Waals surface area contributed by atoms with E-state index < -0.39 is 0 Å². The average Bonchev–Trinajstić information content (AvgIpc) is 2.66. The Bertz CT molecular complexity index is 763. The molecule has 0 amide bonds. The Hall–Kier alpha value is -2.74. The highest BCUT2D eigenvalue weighted by Gasteiger charge is 2.20. The summed E-state index contributed by atoms with van der Waals surface area (Å²) < 4.78 is 10.5. The van der Waals surface area contributed by atoms with Gasteiger partial charge in [0.15, 0.2) is 11.5 Å². The van der Waals surface area contributed by atoms with E-state index in [0.717, 1.165) is 38.0 Å². The number of nitrogens with zero attached hydrogens (tertiary/aromatic N) is 3. The van der Waals surface area contributed by atoms with Gasteiger partial charge < -0.3 is 25.0 Å². The van der Waals surface area contributed by atoms with Crippen LogP contribution in [0.4, 0.5) is 5.82 Å². The third-order valence-corrected chi connectivity index (χ3v) is 4.57. The maximum atomic E-state index is 9.82. The van der Waals surface area contributed by atoms with Crippen molar-refractivity contribution in [3.8, 4) is 23.4 Å². The minimum absolute atomic E-state index is 0.173. The van der Waals surface area contributed by atoms with Gasteiger partial charge in [0.05, 0.1) is 13.7 Å². The number of aromatic hydroxyl groups is 2. The van der Waals surface area contributed by atoms with E-state index in [1.54, 1.807) is 12.1 Å². The maximum absolute atomic E-state index is 9.82. The summed E-state index contributed by atoms with van der Waals surface area (Å²) in [6, 6.07) is 7.17. The zero-order valence-electron chi connectivity index (χ0n) is 15.7. The molecule has 0 unspecified atom stereocenters. The van der Waals surface area contributed by atoms with Gasteiger partial charge in [-0.3, -0.25) is 4.90 Å². The predicted octanol–water partition coefficient (Wildman–Crippen LogP) is 2.37. The lowest BCUT2D eigenvalue weighted by molar-refractivity contribution is 0.210. The first-order chi connectivity index (χ1) is 13.1. The van der Waals surface area contributed by atoms with Crippen LogP contribution in [0.1, 0.15) is 25.3 Å². The summed E-state index contributed by atoms with van der Waals surface area (Å²) in [6.45, 7) is 5.12. The molecule has 1 aliphatic rings. The number of nitrogens with one attached hydrogen (secondary N) is 1. The van der Waals surface area contributed by atoms with Gasteiger partial charge in [-0.15, -0.1) is 0 Å². The topological polar surface area (TPSA) is 100.0 Å². The quantitative estimate of drug-likeness (QED) is 0.679. The fraction of sp³-hybridized carbons (Fsp3) is 0.474. The van der Waals surface area contributed by atoms with E-state index >= 15 is 0 Å². The van der Waals surface area contributed by atoms with Crippen molar-refractivity contribution >= 4 is 5.82 Å². The number of likely N-dealkylation sites (tertiary alicyclic amines) is 1. The molecule has 1 fully saturated rings. The average molecular weight is 374 g/mol. The van der Waals surface area contributed by atoms with Crippen molar-refractivity contribution in [3.63, 3.8) is 0 Å². The van der Waals surface area contributed by atoms with Crippen molar-refractivity contribution in [2.75, 3.05) is 32.1 Å². The van der Waals surface area contributed by atoms with Gasteiger partial charge in [-0.1, -0.05) is 6.07 Å². The first-order valence-corrected chi connectivity index (χ1v) is 9.13. The first kappa shape index (κ1) is 19.0. The second-order valence-electron chi connectivity index (χ2n) is 6.53. The number of hydrogen-bond acceptors (Lipinski definition) is 8.